The van der Waals surface area contributed by atoms with Crippen molar-refractivity contribution in [2.24, 2.45) is 5.92 Å². The summed E-state index contributed by atoms with van der Waals surface area (Å²) in [5.41, 5.74) is 1.99. The number of aryl methyl sites for hydroxylation is 1. The van der Waals surface area contributed by atoms with Gasteiger partial charge >= 0.3 is 5.97 Å². The largest absolute Gasteiger partial charge is 0.448 e. The van der Waals surface area contributed by atoms with Crippen molar-refractivity contribution in [1.82, 2.24) is 9.78 Å². The van der Waals surface area contributed by atoms with E-state index in [0.717, 1.165) is 22.5 Å². The fourth-order valence-corrected chi connectivity index (χ4v) is 4.66. The Hall–Kier alpha value is -3.20. The van der Waals surface area contributed by atoms with E-state index in [1.807, 2.05) is 11.6 Å². The Kier molecular flexibility index (Phi) is 5.53. The molecule has 31 heavy (non-hydrogen) atoms. The number of rotatable bonds is 5. The number of ether oxygens (including phenoxy) is 1. The number of amides is 2. The molecule has 1 unspecified atom stereocenters. The Morgan fingerprint density at radius 1 is 1.26 bits per heavy atom. The number of hydrogen-bond donors (Lipinski definition) is 1. The highest BCUT2D eigenvalue weighted by Gasteiger charge is 2.32. The van der Waals surface area contributed by atoms with Crippen LogP contribution in [-0.2, 0) is 20.9 Å². The highest BCUT2D eigenvalue weighted by molar-refractivity contribution is 7.20. The zero-order chi connectivity index (χ0) is 22.3. The van der Waals surface area contributed by atoms with Crippen molar-refractivity contribution in [1.29, 1.82) is 0 Å². The number of para-hydroxylation sites is 2. The summed E-state index contributed by atoms with van der Waals surface area (Å²) in [6, 6.07) is 8.80. The first-order chi connectivity index (χ1) is 14.7. The van der Waals surface area contributed by atoms with E-state index in [4.69, 9.17) is 4.74 Å². The van der Waals surface area contributed by atoms with Crippen LogP contribution < -0.4 is 10.2 Å². The second-order valence-corrected chi connectivity index (χ2v) is 9.06. The van der Waals surface area contributed by atoms with Crippen LogP contribution >= 0.6 is 11.3 Å². The molecular weight excluding hydrogens is 416 g/mol. The molecule has 1 aromatic carbocycles. The van der Waals surface area contributed by atoms with Gasteiger partial charge < -0.3 is 10.1 Å². The lowest BCUT2D eigenvalue weighted by Gasteiger charge is -2.30. The minimum atomic E-state index is -1.04. The van der Waals surface area contributed by atoms with E-state index in [1.54, 1.807) is 30.3 Å². The maximum atomic E-state index is 13.0. The lowest BCUT2D eigenvalue weighted by molar-refractivity contribution is -0.128. The van der Waals surface area contributed by atoms with Gasteiger partial charge in [-0.05, 0) is 38.0 Å². The average molecular weight is 441 g/mol. The van der Waals surface area contributed by atoms with Crippen molar-refractivity contribution in [3.8, 4) is 0 Å². The van der Waals surface area contributed by atoms with Crippen molar-refractivity contribution in [3.63, 3.8) is 0 Å². The quantitative estimate of drug-likeness (QED) is 0.612. The van der Waals surface area contributed by atoms with Crippen molar-refractivity contribution >= 4 is 50.7 Å². The Bertz CT molecular complexity index is 1180. The molecule has 0 aliphatic carbocycles. The molecule has 8 nitrogen and oxygen atoms in total. The van der Waals surface area contributed by atoms with Gasteiger partial charge in [-0.1, -0.05) is 26.0 Å². The second-order valence-electron chi connectivity index (χ2n) is 8.03. The summed E-state index contributed by atoms with van der Waals surface area (Å²) in [7, 11) is 0. The Labute approximate surface area is 183 Å². The van der Waals surface area contributed by atoms with Crippen LogP contribution in [0.1, 0.15) is 36.1 Å². The highest BCUT2D eigenvalue weighted by Crippen LogP contribution is 2.31. The predicted molar refractivity (Wildman–Crippen MR) is 119 cm³/mol. The van der Waals surface area contributed by atoms with Crippen LogP contribution in [0.15, 0.2) is 30.3 Å². The van der Waals surface area contributed by atoms with E-state index in [1.165, 1.54) is 23.2 Å². The number of carbonyl (C=O) groups excluding carboxylic acids is 3. The molecule has 3 aromatic rings. The van der Waals surface area contributed by atoms with Gasteiger partial charge in [0.05, 0.1) is 17.1 Å². The smallest absolute Gasteiger partial charge is 0.349 e. The number of carbonyl (C=O) groups is 3. The molecule has 0 bridgehead atoms. The number of nitrogens with one attached hydrogen (secondary N) is 1. The molecule has 2 aromatic heterocycles. The van der Waals surface area contributed by atoms with E-state index < -0.39 is 18.0 Å². The number of aromatic nitrogens is 2. The summed E-state index contributed by atoms with van der Waals surface area (Å²) in [5.74, 6) is -0.881. The molecule has 0 fully saturated rings. The maximum Gasteiger partial charge on any atom is 0.349 e. The van der Waals surface area contributed by atoms with Crippen LogP contribution in [0.25, 0.3) is 10.2 Å². The van der Waals surface area contributed by atoms with Crippen LogP contribution in [0.2, 0.25) is 0 Å². The summed E-state index contributed by atoms with van der Waals surface area (Å²) in [6.45, 7) is 8.28. The zero-order valence-corrected chi connectivity index (χ0v) is 18.7. The molecule has 0 spiro atoms. The summed E-state index contributed by atoms with van der Waals surface area (Å²) in [6.07, 6.45) is -1.04. The highest BCUT2D eigenvalue weighted by atomic mass is 32.1. The molecule has 0 radical (unpaired) electrons. The molecule has 0 saturated carbocycles. The van der Waals surface area contributed by atoms with Crippen molar-refractivity contribution in [3.05, 3.63) is 40.9 Å². The number of thiophene rings is 1. The zero-order valence-electron chi connectivity index (χ0n) is 17.8. The molecule has 1 aliphatic rings. The van der Waals surface area contributed by atoms with Gasteiger partial charge in [-0.25, -0.2) is 4.79 Å². The molecule has 1 aliphatic heterocycles. The molecular formula is C22H24N4O4S. The first-order valence-corrected chi connectivity index (χ1v) is 10.9. The third-order valence-corrected chi connectivity index (χ3v) is 6.14. The number of anilines is 2. The minimum Gasteiger partial charge on any atom is -0.448 e. The first kappa shape index (κ1) is 21.0. The van der Waals surface area contributed by atoms with Crippen LogP contribution in [0, 0.1) is 12.8 Å². The number of benzene rings is 1. The van der Waals surface area contributed by atoms with Gasteiger partial charge in [0.2, 0.25) is 5.91 Å². The third-order valence-electron chi connectivity index (χ3n) is 5.01. The summed E-state index contributed by atoms with van der Waals surface area (Å²) < 4.78 is 7.39. The molecule has 9 heteroatoms. The van der Waals surface area contributed by atoms with Gasteiger partial charge in [0.25, 0.3) is 5.91 Å². The third kappa shape index (κ3) is 4.05. The number of esters is 1. The van der Waals surface area contributed by atoms with E-state index in [0.29, 0.717) is 22.2 Å². The van der Waals surface area contributed by atoms with E-state index in [9.17, 15) is 14.4 Å². The van der Waals surface area contributed by atoms with E-state index in [2.05, 4.69) is 24.3 Å². The fraction of sp³-hybridized carbons (Fsp3) is 0.364. The number of nitrogens with zero attached hydrogens (tertiary/aromatic N) is 3. The number of hydrogen-bond acceptors (Lipinski definition) is 6. The molecule has 4 rings (SSSR count). The summed E-state index contributed by atoms with van der Waals surface area (Å²) in [5, 5.41) is 8.20. The maximum absolute atomic E-state index is 13.0. The minimum absolute atomic E-state index is 0.120. The Balaban J connectivity index is 1.52. The molecule has 2 amide bonds. The average Bonchev–Trinajstić information content (AvgIpc) is 3.28. The molecule has 1 atom stereocenters. The SMILES string of the molecule is Cc1nn(CC(C)C)c2sc(C(=O)OC(C)C(=O)N3CC(=O)Nc4ccccc43)cc12. The van der Waals surface area contributed by atoms with E-state index >= 15 is 0 Å². The summed E-state index contributed by atoms with van der Waals surface area (Å²) in [4.78, 5) is 40.4. The van der Waals surface area contributed by atoms with Gasteiger partial charge in [0, 0.05) is 11.9 Å². The molecule has 3 heterocycles. The van der Waals surface area contributed by atoms with Crippen LogP contribution in [-0.4, -0.2) is 40.2 Å². The standard InChI is InChI=1S/C22H24N4O4S/c1-12(2)10-26-21-15(13(3)24-26)9-18(31-21)22(29)30-14(4)20(28)25-11-19(27)23-16-7-5-6-8-17(16)25/h5-9,12,14H,10-11H2,1-4H3,(H,23,27). The topological polar surface area (TPSA) is 93.5 Å². The Morgan fingerprint density at radius 3 is 2.74 bits per heavy atom. The van der Waals surface area contributed by atoms with Gasteiger partial charge in [-0.15, -0.1) is 11.3 Å². The monoisotopic (exact) mass is 440 g/mol. The first-order valence-electron chi connectivity index (χ1n) is 10.1. The van der Waals surface area contributed by atoms with Gasteiger partial charge in [-0.3, -0.25) is 19.2 Å². The number of fused-ring (bicyclic) bond motifs is 2. The van der Waals surface area contributed by atoms with Gasteiger partial charge in [0.1, 0.15) is 16.3 Å². The van der Waals surface area contributed by atoms with Crippen molar-refractivity contribution in [2.75, 3.05) is 16.8 Å². The van der Waals surface area contributed by atoms with Gasteiger partial charge in [0.15, 0.2) is 6.10 Å². The fourth-order valence-electron chi connectivity index (χ4n) is 3.60. The van der Waals surface area contributed by atoms with Crippen molar-refractivity contribution < 1.29 is 19.1 Å². The summed E-state index contributed by atoms with van der Waals surface area (Å²) >= 11 is 1.31. The van der Waals surface area contributed by atoms with Crippen LogP contribution in [0.4, 0.5) is 11.4 Å². The molecule has 1 N–H and O–H groups in total. The van der Waals surface area contributed by atoms with Crippen LogP contribution in [0.3, 0.4) is 0 Å². The van der Waals surface area contributed by atoms with E-state index in [-0.39, 0.29) is 12.5 Å². The predicted octanol–water partition coefficient (Wildman–Crippen LogP) is 3.59. The van der Waals surface area contributed by atoms with Crippen LogP contribution in [0.5, 0.6) is 0 Å². The van der Waals surface area contributed by atoms with Crippen molar-refractivity contribution in [2.45, 2.75) is 40.3 Å². The Morgan fingerprint density at radius 2 is 2.00 bits per heavy atom. The normalized spacial score (nSPS) is 14.5. The lowest BCUT2D eigenvalue weighted by Crippen LogP contribution is -2.47. The van der Waals surface area contributed by atoms with Gasteiger partial charge in [-0.2, -0.15) is 5.10 Å². The second kappa shape index (κ2) is 8.14. The molecule has 0 saturated heterocycles. The molecule has 162 valence electrons. The lowest BCUT2D eigenvalue weighted by atomic mass is 10.1.